The largest absolute Gasteiger partial charge is 0.493 e. The van der Waals surface area contributed by atoms with Gasteiger partial charge in [-0.1, -0.05) is 6.07 Å². The van der Waals surface area contributed by atoms with E-state index in [1.807, 2.05) is 30.6 Å². The number of aromatic nitrogens is 1. The highest BCUT2D eigenvalue weighted by Gasteiger charge is 2.09. The Morgan fingerprint density at radius 3 is 2.53 bits per heavy atom. The molecule has 2 aromatic rings. The molecule has 0 amide bonds. The van der Waals surface area contributed by atoms with Gasteiger partial charge in [0, 0.05) is 24.5 Å². The lowest BCUT2D eigenvalue weighted by molar-refractivity contribution is 0.355. The molecule has 0 saturated heterocycles. The summed E-state index contributed by atoms with van der Waals surface area (Å²) in [6, 6.07) is 5.83. The Morgan fingerprint density at radius 1 is 1.12 bits per heavy atom. The van der Waals surface area contributed by atoms with E-state index in [0.29, 0.717) is 12.3 Å². The molecule has 0 aliphatic rings. The van der Waals surface area contributed by atoms with E-state index in [1.165, 1.54) is 0 Å². The fraction of sp³-hybridized carbons (Fsp3) is 0.231. The average molecular weight is 232 g/mol. The molecule has 0 unspecified atom stereocenters. The topological polar surface area (TPSA) is 60.3 Å². The van der Waals surface area contributed by atoms with E-state index in [9.17, 15) is 0 Å². The Morgan fingerprint density at radius 2 is 1.88 bits per heavy atom. The number of hydrogen-bond acceptors (Lipinski definition) is 3. The van der Waals surface area contributed by atoms with E-state index >= 15 is 0 Å². The highest BCUT2D eigenvalue weighted by Crippen LogP contribution is 2.33. The molecule has 2 rings (SSSR count). The molecule has 1 heterocycles. The molecule has 0 fully saturated rings. The van der Waals surface area contributed by atoms with Gasteiger partial charge in [-0.2, -0.15) is 0 Å². The maximum atomic E-state index is 5.68. The number of nitrogens with two attached hydrogens (primary N) is 1. The molecular formula is C13H16N2O2. The van der Waals surface area contributed by atoms with E-state index in [-0.39, 0.29) is 0 Å². The average Bonchev–Trinajstić information content (AvgIpc) is 2.86. The zero-order chi connectivity index (χ0) is 12.3. The zero-order valence-electron chi connectivity index (χ0n) is 9.99. The van der Waals surface area contributed by atoms with E-state index in [0.717, 1.165) is 22.4 Å². The summed E-state index contributed by atoms with van der Waals surface area (Å²) < 4.78 is 10.5. The van der Waals surface area contributed by atoms with Crippen molar-refractivity contribution in [2.45, 2.75) is 6.54 Å². The Labute approximate surface area is 100 Å². The lowest BCUT2D eigenvalue weighted by Gasteiger charge is -2.09. The normalized spacial score (nSPS) is 10.3. The number of ether oxygens (including phenoxy) is 2. The lowest BCUT2D eigenvalue weighted by atomic mass is 10.0. The molecule has 90 valence electrons. The van der Waals surface area contributed by atoms with E-state index < -0.39 is 0 Å². The van der Waals surface area contributed by atoms with E-state index in [4.69, 9.17) is 15.2 Å². The van der Waals surface area contributed by atoms with Gasteiger partial charge in [0.2, 0.25) is 0 Å². The number of aromatic amines is 1. The summed E-state index contributed by atoms with van der Waals surface area (Å²) in [4.78, 5) is 3.06. The van der Waals surface area contributed by atoms with Crippen molar-refractivity contribution in [3.05, 3.63) is 36.2 Å². The number of benzene rings is 1. The molecule has 0 aliphatic heterocycles. The minimum Gasteiger partial charge on any atom is -0.493 e. The van der Waals surface area contributed by atoms with Crippen LogP contribution in [-0.4, -0.2) is 19.2 Å². The zero-order valence-corrected chi connectivity index (χ0v) is 9.99. The van der Waals surface area contributed by atoms with Crippen LogP contribution < -0.4 is 15.2 Å². The van der Waals surface area contributed by atoms with Gasteiger partial charge in [0.15, 0.2) is 11.5 Å². The first-order valence-electron chi connectivity index (χ1n) is 5.38. The Kier molecular flexibility index (Phi) is 3.35. The molecule has 4 heteroatoms. The minimum atomic E-state index is 0.507. The Hall–Kier alpha value is -1.94. The number of hydrogen-bond donors (Lipinski definition) is 2. The predicted molar refractivity (Wildman–Crippen MR) is 67.2 cm³/mol. The molecule has 17 heavy (non-hydrogen) atoms. The van der Waals surface area contributed by atoms with Crippen molar-refractivity contribution in [1.29, 1.82) is 0 Å². The molecule has 0 saturated carbocycles. The number of rotatable bonds is 4. The van der Waals surface area contributed by atoms with Crippen LogP contribution in [0.2, 0.25) is 0 Å². The van der Waals surface area contributed by atoms with Crippen molar-refractivity contribution < 1.29 is 9.47 Å². The molecule has 0 radical (unpaired) electrons. The maximum absolute atomic E-state index is 5.68. The molecular weight excluding hydrogens is 216 g/mol. The molecule has 3 N–H and O–H groups in total. The summed E-state index contributed by atoms with van der Waals surface area (Å²) in [6.07, 6.45) is 3.84. The van der Waals surface area contributed by atoms with Gasteiger partial charge in [0.25, 0.3) is 0 Å². The first kappa shape index (κ1) is 11.5. The molecule has 0 bridgehead atoms. The monoisotopic (exact) mass is 232 g/mol. The first-order chi connectivity index (χ1) is 8.30. The van der Waals surface area contributed by atoms with Crippen molar-refractivity contribution in [2.24, 2.45) is 5.73 Å². The van der Waals surface area contributed by atoms with E-state index in [2.05, 4.69) is 4.98 Å². The van der Waals surface area contributed by atoms with Gasteiger partial charge in [-0.15, -0.1) is 0 Å². The van der Waals surface area contributed by atoms with Crippen molar-refractivity contribution in [3.63, 3.8) is 0 Å². The fourth-order valence-electron chi connectivity index (χ4n) is 1.84. The van der Waals surface area contributed by atoms with E-state index in [1.54, 1.807) is 14.2 Å². The van der Waals surface area contributed by atoms with Crippen LogP contribution in [-0.2, 0) is 6.54 Å². The standard InChI is InChI=1S/C13H16N2O2/c1-16-12-4-3-9(5-13(12)17-2)11-8-15-7-10(11)6-14/h3-5,7-8,15H,6,14H2,1-2H3. The van der Waals surface area contributed by atoms with Gasteiger partial charge in [-0.05, 0) is 23.3 Å². The smallest absolute Gasteiger partial charge is 0.161 e. The van der Waals surface area contributed by atoms with Gasteiger partial charge in [0.05, 0.1) is 14.2 Å². The van der Waals surface area contributed by atoms with Gasteiger partial charge in [-0.25, -0.2) is 0 Å². The molecule has 0 spiro atoms. The van der Waals surface area contributed by atoms with Crippen LogP contribution in [0.1, 0.15) is 5.56 Å². The van der Waals surface area contributed by atoms with Crippen LogP contribution in [0.5, 0.6) is 11.5 Å². The Balaban J connectivity index is 2.46. The summed E-state index contributed by atoms with van der Waals surface area (Å²) in [5, 5.41) is 0. The predicted octanol–water partition coefficient (Wildman–Crippen LogP) is 2.16. The minimum absolute atomic E-state index is 0.507. The number of methoxy groups -OCH3 is 2. The van der Waals surface area contributed by atoms with Crippen LogP contribution >= 0.6 is 0 Å². The SMILES string of the molecule is COc1ccc(-c2c[nH]cc2CN)cc1OC. The number of H-pyrrole nitrogens is 1. The summed E-state index contributed by atoms with van der Waals surface area (Å²) >= 11 is 0. The second-order valence-corrected chi connectivity index (χ2v) is 3.67. The van der Waals surface area contributed by atoms with Gasteiger partial charge in [0.1, 0.15) is 0 Å². The third kappa shape index (κ3) is 2.12. The summed E-state index contributed by atoms with van der Waals surface area (Å²) in [7, 11) is 3.25. The number of nitrogens with one attached hydrogen (secondary N) is 1. The third-order valence-electron chi connectivity index (χ3n) is 2.75. The fourth-order valence-corrected chi connectivity index (χ4v) is 1.84. The molecule has 1 aromatic heterocycles. The highest BCUT2D eigenvalue weighted by atomic mass is 16.5. The van der Waals surface area contributed by atoms with Crippen molar-refractivity contribution in [3.8, 4) is 22.6 Å². The lowest BCUT2D eigenvalue weighted by Crippen LogP contribution is -1.96. The molecule has 1 aromatic carbocycles. The van der Waals surface area contributed by atoms with Crippen LogP contribution in [0, 0.1) is 0 Å². The van der Waals surface area contributed by atoms with Crippen LogP contribution in [0.4, 0.5) is 0 Å². The highest BCUT2D eigenvalue weighted by molar-refractivity contribution is 5.69. The van der Waals surface area contributed by atoms with Crippen LogP contribution in [0.15, 0.2) is 30.6 Å². The van der Waals surface area contributed by atoms with Crippen LogP contribution in [0.25, 0.3) is 11.1 Å². The summed E-state index contributed by atoms with van der Waals surface area (Å²) in [5.41, 5.74) is 8.91. The van der Waals surface area contributed by atoms with Crippen molar-refractivity contribution >= 4 is 0 Å². The molecule has 0 atom stereocenters. The second-order valence-electron chi connectivity index (χ2n) is 3.67. The Bertz CT molecular complexity index is 506. The van der Waals surface area contributed by atoms with Crippen molar-refractivity contribution in [1.82, 2.24) is 4.98 Å². The second kappa shape index (κ2) is 4.93. The van der Waals surface area contributed by atoms with Crippen molar-refractivity contribution in [2.75, 3.05) is 14.2 Å². The van der Waals surface area contributed by atoms with Gasteiger partial charge < -0.3 is 20.2 Å². The van der Waals surface area contributed by atoms with Gasteiger partial charge in [-0.3, -0.25) is 0 Å². The van der Waals surface area contributed by atoms with Crippen LogP contribution in [0.3, 0.4) is 0 Å². The maximum Gasteiger partial charge on any atom is 0.161 e. The molecule has 0 aliphatic carbocycles. The molecule has 4 nitrogen and oxygen atoms in total. The first-order valence-corrected chi connectivity index (χ1v) is 5.38. The quantitative estimate of drug-likeness (QED) is 0.849. The van der Waals surface area contributed by atoms with Gasteiger partial charge >= 0.3 is 0 Å². The third-order valence-corrected chi connectivity index (χ3v) is 2.75. The summed E-state index contributed by atoms with van der Waals surface area (Å²) in [5.74, 6) is 1.44. The summed E-state index contributed by atoms with van der Waals surface area (Å²) in [6.45, 7) is 0.507.